The normalized spacial score (nSPS) is 17.1. The molecule has 0 radical (unpaired) electrons. The van der Waals surface area contributed by atoms with E-state index >= 15 is 0 Å². The summed E-state index contributed by atoms with van der Waals surface area (Å²) in [6.07, 6.45) is 5.27. The minimum atomic E-state index is 0. The summed E-state index contributed by atoms with van der Waals surface area (Å²) >= 11 is 0. The van der Waals surface area contributed by atoms with Gasteiger partial charge >= 0.3 is 0 Å². The van der Waals surface area contributed by atoms with Gasteiger partial charge in [-0.05, 0) is 49.4 Å². The molecule has 1 atom stereocenters. The van der Waals surface area contributed by atoms with Crippen LogP contribution < -0.4 is 11.1 Å². The molecule has 26 heavy (non-hydrogen) atoms. The Labute approximate surface area is 161 Å². The highest BCUT2D eigenvalue weighted by atomic mass is 35.5. The highest BCUT2D eigenvalue weighted by molar-refractivity contribution is 5.85. The van der Waals surface area contributed by atoms with Crippen LogP contribution in [0.5, 0.6) is 0 Å². The standard InChI is InChI=1S/C20H26N4O.ClH/c1-15-5-2-3-6-16(15)13-20(25)24-11-4-7-17(10-12-24)23-18-8-9-19(21)22-14-18;/h2-3,5-6,8-9,14,17,23H,4,7,10-13H2,1H3,(H2,21,22);1H. The Morgan fingerprint density at radius 2 is 2.04 bits per heavy atom. The van der Waals surface area contributed by atoms with Crippen LogP contribution >= 0.6 is 12.4 Å². The number of halogens is 1. The summed E-state index contributed by atoms with van der Waals surface area (Å²) in [7, 11) is 0. The molecule has 0 bridgehead atoms. The van der Waals surface area contributed by atoms with Crippen molar-refractivity contribution in [2.75, 3.05) is 24.1 Å². The van der Waals surface area contributed by atoms with E-state index in [0.29, 0.717) is 18.3 Å². The average Bonchev–Trinajstić information content (AvgIpc) is 2.85. The van der Waals surface area contributed by atoms with Crippen molar-refractivity contribution in [2.45, 2.75) is 38.6 Å². The number of benzene rings is 1. The van der Waals surface area contributed by atoms with E-state index in [0.717, 1.165) is 43.6 Å². The predicted octanol–water partition coefficient (Wildman–Crippen LogP) is 3.43. The molecule has 1 aromatic carbocycles. The zero-order valence-corrected chi connectivity index (χ0v) is 16.0. The number of pyridine rings is 1. The number of aromatic nitrogens is 1. The maximum Gasteiger partial charge on any atom is 0.227 e. The van der Waals surface area contributed by atoms with Crippen molar-refractivity contribution < 1.29 is 4.79 Å². The van der Waals surface area contributed by atoms with Crippen molar-refractivity contribution in [3.05, 3.63) is 53.7 Å². The van der Waals surface area contributed by atoms with Crippen LogP contribution in [0.3, 0.4) is 0 Å². The summed E-state index contributed by atoms with van der Waals surface area (Å²) in [5, 5.41) is 3.51. The molecule has 1 saturated heterocycles. The number of carbonyl (C=O) groups is 1. The zero-order chi connectivity index (χ0) is 17.6. The molecule has 3 rings (SSSR count). The van der Waals surface area contributed by atoms with Crippen LogP contribution in [0.4, 0.5) is 11.5 Å². The number of anilines is 2. The van der Waals surface area contributed by atoms with Crippen molar-refractivity contribution in [3.8, 4) is 0 Å². The molecule has 1 amide bonds. The molecular weight excluding hydrogens is 348 g/mol. The third-order valence-corrected chi connectivity index (χ3v) is 4.84. The van der Waals surface area contributed by atoms with Crippen LogP contribution in [0.1, 0.15) is 30.4 Å². The van der Waals surface area contributed by atoms with Gasteiger partial charge in [0.25, 0.3) is 0 Å². The Morgan fingerprint density at radius 1 is 1.23 bits per heavy atom. The van der Waals surface area contributed by atoms with Gasteiger partial charge in [-0.15, -0.1) is 12.4 Å². The molecule has 2 aromatic rings. The highest BCUT2D eigenvalue weighted by Crippen LogP contribution is 2.18. The zero-order valence-electron chi connectivity index (χ0n) is 15.1. The fraction of sp³-hybridized carbons (Fsp3) is 0.400. The molecule has 2 heterocycles. The second-order valence-electron chi connectivity index (χ2n) is 6.73. The van der Waals surface area contributed by atoms with Crippen molar-refractivity contribution in [1.29, 1.82) is 0 Å². The molecule has 140 valence electrons. The second-order valence-corrected chi connectivity index (χ2v) is 6.73. The Bertz CT molecular complexity index is 720. The van der Waals surface area contributed by atoms with E-state index in [-0.39, 0.29) is 18.3 Å². The van der Waals surface area contributed by atoms with Crippen LogP contribution in [-0.4, -0.2) is 34.9 Å². The monoisotopic (exact) mass is 374 g/mol. The van der Waals surface area contributed by atoms with Gasteiger partial charge in [0.05, 0.1) is 18.3 Å². The lowest BCUT2D eigenvalue weighted by Crippen LogP contribution is -2.34. The number of nitrogens with zero attached hydrogens (tertiary/aromatic N) is 2. The van der Waals surface area contributed by atoms with E-state index in [4.69, 9.17) is 5.73 Å². The van der Waals surface area contributed by atoms with Gasteiger partial charge in [0.15, 0.2) is 0 Å². The van der Waals surface area contributed by atoms with Crippen molar-refractivity contribution >= 4 is 29.8 Å². The van der Waals surface area contributed by atoms with Gasteiger partial charge < -0.3 is 16.0 Å². The fourth-order valence-electron chi connectivity index (χ4n) is 3.30. The molecule has 1 unspecified atom stereocenters. The Morgan fingerprint density at radius 3 is 2.77 bits per heavy atom. The Hall–Kier alpha value is -2.27. The molecule has 1 aromatic heterocycles. The van der Waals surface area contributed by atoms with Crippen LogP contribution in [-0.2, 0) is 11.2 Å². The van der Waals surface area contributed by atoms with Gasteiger partial charge in [0.1, 0.15) is 5.82 Å². The van der Waals surface area contributed by atoms with Gasteiger partial charge in [-0.3, -0.25) is 4.79 Å². The number of aryl methyl sites for hydroxylation is 1. The number of rotatable bonds is 4. The molecule has 0 saturated carbocycles. The fourth-order valence-corrected chi connectivity index (χ4v) is 3.30. The molecule has 0 aliphatic carbocycles. The summed E-state index contributed by atoms with van der Waals surface area (Å²) in [5.41, 5.74) is 8.92. The van der Waals surface area contributed by atoms with Crippen LogP contribution in [0.2, 0.25) is 0 Å². The summed E-state index contributed by atoms with van der Waals surface area (Å²) in [6, 6.07) is 12.2. The Balaban J connectivity index is 0.00000243. The van der Waals surface area contributed by atoms with Gasteiger partial charge in [-0.25, -0.2) is 4.98 Å². The SMILES string of the molecule is Cc1ccccc1CC(=O)N1CCCC(Nc2ccc(N)nc2)CC1.Cl. The summed E-state index contributed by atoms with van der Waals surface area (Å²) in [4.78, 5) is 18.8. The summed E-state index contributed by atoms with van der Waals surface area (Å²) in [6.45, 7) is 3.69. The van der Waals surface area contributed by atoms with E-state index in [9.17, 15) is 4.79 Å². The minimum absolute atomic E-state index is 0. The largest absolute Gasteiger partial charge is 0.384 e. The maximum atomic E-state index is 12.7. The first-order valence-corrected chi connectivity index (χ1v) is 8.92. The molecule has 1 aliphatic heterocycles. The van der Waals surface area contributed by atoms with Crippen molar-refractivity contribution in [3.63, 3.8) is 0 Å². The molecule has 0 spiro atoms. The number of nitrogens with two attached hydrogens (primary N) is 1. The topological polar surface area (TPSA) is 71.2 Å². The molecule has 1 aliphatic rings. The summed E-state index contributed by atoms with van der Waals surface area (Å²) in [5.74, 6) is 0.753. The number of likely N-dealkylation sites (tertiary alicyclic amines) is 1. The van der Waals surface area contributed by atoms with Crippen molar-refractivity contribution in [2.24, 2.45) is 0 Å². The number of nitrogen functional groups attached to an aromatic ring is 1. The van der Waals surface area contributed by atoms with E-state index in [1.807, 2.05) is 29.2 Å². The molecule has 1 fully saturated rings. The first-order chi connectivity index (χ1) is 12.1. The number of hydrogen-bond donors (Lipinski definition) is 2. The number of hydrogen-bond acceptors (Lipinski definition) is 4. The summed E-state index contributed by atoms with van der Waals surface area (Å²) < 4.78 is 0. The molecule has 5 nitrogen and oxygen atoms in total. The highest BCUT2D eigenvalue weighted by Gasteiger charge is 2.21. The van der Waals surface area contributed by atoms with Gasteiger partial charge in [-0.1, -0.05) is 24.3 Å². The minimum Gasteiger partial charge on any atom is -0.384 e. The average molecular weight is 375 g/mol. The van der Waals surface area contributed by atoms with Crippen LogP contribution in [0.25, 0.3) is 0 Å². The smallest absolute Gasteiger partial charge is 0.227 e. The first-order valence-electron chi connectivity index (χ1n) is 8.92. The second kappa shape index (κ2) is 9.43. The quantitative estimate of drug-likeness (QED) is 0.860. The molecule has 3 N–H and O–H groups in total. The lowest BCUT2D eigenvalue weighted by atomic mass is 10.1. The molecule has 6 heteroatoms. The third-order valence-electron chi connectivity index (χ3n) is 4.84. The van der Waals surface area contributed by atoms with Crippen LogP contribution in [0, 0.1) is 6.92 Å². The van der Waals surface area contributed by atoms with Crippen molar-refractivity contribution in [1.82, 2.24) is 9.88 Å². The first kappa shape index (κ1) is 20.0. The van der Waals surface area contributed by atoms with E-state index < -0.39 is 0 Å². The van der Waals surface area contributed by atoms with E-state index in [1.165, 1.54) is 5.56 Å². The number of nitrogens with one attached hydrogen (secondary N) is 1. The maximum absolute atomic E-state index is 12.7. The lowest BCUT2D eigenvalue weighted by molar-refractivity contribution is -0.130. The number of carbonyl (C=O) groups excluding carboxylic acids is 1. The Kier molecular flexibility index (Phi) is 7.27. The van der Waals surface area contributed by atoms with Gasteiger partial charge in [0.2, 0.25) is 5.91 Å². The third kappa shape index (κ3) is 5.36. The predicted molar refractivity (Wildman–Crippen MR) is 109 cm³/mol. The van der Waals surface area contributed by atoms with E-state index in [1.54, 1.807) is 12.3 Å². The molecular formula is C20H27ClN4O. The van der Waals surface area contributed by atoms with E-state index in [2.05, 4.69) is 23.3 Å². The van der Waals surface area contributed by atoms with Crippen LogP contribution in [0.15, 0.2) is 42.6 Å². The van der Waals surface area contributed by atoms with Gasteiger partial charge in [-0.2, -0.15) is 0 Å². The van der Waals surface area contributed by atoms with Gasteiger partial charge in [0, 0.05) is 19.1 Å². The number of amides is 1. The lowest BCUT2D eigenvalue weighted by Gasteiger charge is -2.21.